The van der Waals surface area contributed by atoms with Crippen LogP contribution in [0.2, 0.25) is 0 Å². The van der Waals surface area contributed by atoms with Crippen molar-refractivity contribution in [3.05, 3.63) is 0 Å². The summed E-state index contributed by atoms with van der Waals surface area (Å²) in [5.74, 6) is -1.99. The second-order valence-electron chi connectivity index (χ2n) is 3.09. The lowest BCUT2D eigenvalue weighted by atomic mass is 9.87. The van der Waals surface area contributed by atoms with Crippen molar-refractivity contribution in [3.8, 4) is 0 Å². The molecule has 0 amide bonds. The molecule has 3 unspecified atom stereocenters. The van der Waals surface area contributed by atoms with E-state index in [-0.39, 0.29) is 12.5 Å². The predicted molar refractivity (Wildman–Crippen MR) is 43.7 cm³/mol. The topological polar surface area (TPSA) is 77.8 Å². The van der Waals surface area contributed by atoms with Crippen LogP contribution in [0.3, 0.4) is 0 Å². The monoisotopic (exact) mass is 176 g/mol. The largest absolute Gasteiger partial charge is 0.481 e. The lowest BCUT2D eigenvalue weighted by Crippen LogP contribution is -2.32. The van der Waals surface area contributed by atoms with Crippen molar-refractivity contribution in [2.45, 2.75) is 26.4 Å². The molecule has 0 aliphatic carbocycles. The van der Waals surface area contributed by atoms with Crippen molar-refractivity contribution in [3.63, 3.8) is 0 Å². The quantitative estimate of drug-likeness (QED) is 0.554. The van der Waals surface area contributed by atoms with Gasteiger partial charge < -0.3 is 15.3 Å². The summed E-state index contributed by atoms with van der Waals surface area (Å²) in [4.78, 5) is 10.6. The molecule has 0 aromatic carbocycles. The standard InChI is InChI=1S/C8H16O4/c1-5(3-4-9)7(6(2)10)8(11)12/h5-7,9-10H,3-4H2,1-2H3,(H,11,12). The Kier molecular flexibility index (Phi) is 4.85. The minimum absolute atomic E-state index is 0.0440. The lowest BCUT2D eigenvalue weighted by Gasteiger charge is -2.21. The van der Waals surface area contributed by atoms with Crippen LogP contribution in [-0.2, 0) is 4.79 Å². The molecular weight excluding hydrogens is 160 g/mol. The van der Waals surface area contributed by atoms with Gasteiger partial charge in [0.25, 0.3) is 0 Å². The Morgan fingerprint density at radius 3 is 2.17 bits per heavy atom. The molecule has 0 saturated heterocycles. The molecule has 0 saturated carbocycles. The van der Waals surface area contributed by atoms with E-state index in [0.29, 0.717) is 6.42 Å². The fraction of sp³-hybridized carbons (Fsp3) is 0.875. The minimum Gasteiger partial charge on any atom is -0.481 e. The number of hydrogen-bond acceptors (Lipinski definition) is 3. The highest BCUT2D eigenvalue weighted by Crippen LogP contribution is 2.19. The van der Waals surface area contributed by atoms with Gasteiger partial charge in [0, 0.05) is 6.61 Å². The van der Waals surface area contributed by atoms with Crippen molar-refractivity contribution in [1.29, 1.82) is 0 Å². The molecule has 4 heteroatoms. The number of aliphatic hydroxyl groups excluding tert-OH is 2. The Morgan fingerprint density at radius 1 is 1.42 bits per heavy atom. The maximum atomic E-state index is 10.6. The van der Waals surface area contributed by atoms with Gasteiger partial charge in [0.2, 0.25) is 0 Å². The van der Waals surface area contributed by atoms with Gasteiger partial charge in [-0.1, -0.05) is 6.92 Å². The van der Waals surface area contributed by atoms with Crippen LogP contribution in [0.1, 0.15) is 20.3 Å². The Labute approximate surface area is 71.8 Å². The van der Waals surface area contributed by atoms with Gasteiger partial charge >= 0.3 is 5.97 Å². The van der Waals surface area contributed by atoms with E-state index in [1.165, 1.54) is 6.92 Å². The fourth-order valence-electron chi connectivity index (χ4n) is 1.31. The van der Waals surface area contributed by atoms with Gasteiger partial charge in [0.05, 0.1) is 12.0 Å². The van der Waals surface area contributed by atoms with E-state index in [1.54, 1.807) is 6.92 Å². The van der Waals surface area contributed by atoms with E-state index in [9.17, 15) is 4.79 Å². The molecule has 0 heterocycles. The van der Waals surface area contributed by atoms with E-state index in [4.69, 9.17) is 15.3 Å². The normalized spacial score (nSPS) is 18.3. The molecule has 4 nitrogen and oxygen atoms in total. The molecule has 0 fully saturated rings. The zero-order valence-corrected chi connectivity index (χ0v) is 7.40. The number of rotatable bonds is 5. The van der Waals surface area contributed by atoms with Gasteiger partial charge in [0.15, 0.2) is 0 Å². The average Bonchev–Trinajstić information content (AvgIpc) is 1.85. The van der Waals surface area contributed by atoms with Crippen LogP contribution < -0.4 is 0 Å². The maximum absolute atomic E-state index is 10.6. The molecule has 0 spiro atoms. The SMILES string of the molecule is CC(O)C(C(=O)O)C(C)CCO. The molecule has 3 atom stereocenters. The Morgan fingerprint density at radius 2 is 1.92 bits per heavy atom. The molecule has 12 heavy (non-hydrogen) atoms. The second kappa shape index (κ2) is 5.11. The molecule has 72 valence electrons. The van der Waals surface area contributed by atoms with Crippen LogP contribution in [0.4, 0.5) is 0 Å². The van der Waals surface area contributed by atoms with Crippen molar-refractivity contribution < 1.29 is 20.1 Å². The first-order valence-corrected chi connectivity index (χ1v) is 4.02. The minimum atomic E-state index is -1.01. The van der Waals surface area contributed by atoms with Gasteiger partial charge in [-0.15, -0.1) is 0 Å². The zero-order valence-electron chi connectivity index (χ0n) is 7.40. The first-order valence-electron chi connectivity index (χ1n) is 4.02. The zero-order chi connectivity index (χ0) is 9.72. The first-order chi connectivity index (χ1) is 5.50. The summed E-state index contributed by atoms with van der Waals surface area (Å²) in [6, 6.07) is 0. The Balaban J connectivity index is 4.19. The summed E-state index contributed by atoms with van der Waals surface area (Å²) >= 11 is 0. The molecule has 3 N–H and O–H groups in total. The predicted octanol–water partition coefficient (Wildman–Crippen LogP) is 0.0865. The van der Waals surface area contributed by atoms with Crippen LogP contribution in [0, 0.1) is 11.8 Å². The third-order valence-corrected chi connectivity index (χ3v) is 2.00. The van der Waals surface area contributed by atoms with Crippen molar-refractivity contribution in [2.75, 3.05) is 6.61 Å². The molecule has 0 rings (SSSR count). The lowest BCUT2D eigenvalue weighted by molar-refractivity contribution is -0.147. The molecule has 0 aromatic heterocycles. The highest BCUT2D eigenvalue weighted by atomic mass is 16.4. The van der Waals surface area contributed by atoms with Crippen LogP contribution in [-0.4, -0.2) is 34.0 Å². The van der Waals surface area contributed by atoms with Crippen LogP contribution in [0.25, 0.3) is 0 Å². The number of carboxylic acid groups (broad SMARTS) is 1. The number of carboxylic acids is 1. The van der Waals surface area contributed by atoms with Gasteiger partial charge in [0.1, 0.15) is 0 Å². The third-order valence-electron chi connectivity index (χ3n) is 2.00. The highest BCUT2D eigenvalue weighted by Gasteiger charge is 2.28. The van der Waals surface area contributed by atoms with E-state index < -0.39 is 18.0 Å². The molecule has 0 bridgehead atoms. The summed E-state index contributed by atoms with van der Waals surface area (Å²) in [5.41, 5.74) is 0. The summed E-state index contributed by atoms with van der Waals surface area (Å²) in [6.07, 6.45) is -0.467. The molecule has 0 aliphatic rings. The van der Waals surface area contributed by atoms with Crippen LogP contribution in [0.15, 0.2) is 0 Å². The maximum Gasteiger partial charge on any atom is 0.309 e. The number of carbonyl (C=O) groups is 1. The Hall–Kier alpha value is -0.610. The summed E-state index contributed by atoms with van der Waals surface area (Å²) < 4.78 is 0. The van der Waals surface area contributed by atoms with E-state index in [2.05, 4.69) is 0 Å². The first kappa shape index (κ1) is 11.4. The van der Waals surface area contributed by atoms with Crippen molar-refractivity contribution >= 4 is 5.97 Å². The van der Waals surface area contributed by atoms with E-state index >= 15 is 0 Å². The van der Waals surface area contributed by atoms with Crippen LogP contribution in [0.5, 0.6) is 0 Å². The van der Waals surface area contributed by atoms with E-state index in [0.717, 1.165) is 0 Å². The second-order valence-corrected chi connectivity index (χ2v) is 3.09. The fourth-order valence-corrected chi connectivity index (χ4v) is 1.31. The third kappa shape index (κ3) is 3.19. The van der Waals surface area contributed by atoms with Crippen molar-refractivity contribution in [1.82, 2.24) is 0 Å². The smallest absolute Gasteiger partial charge is 0.309 e. The Bertz CT molecular complexity index is 144. The summed E-state index contributed by atoms with van der Waals surface area (Å²) in [5, 5.41) is 26.4. The van der Waals surface area contributed by atoms with Gasteiger partial charge in [-0.25, -0.2) is 0 Å². The highest BCUT2D eigenvalue weighted by molar-refractivity contribution is 5.70. The van der Waals surface area contributed by atoms with Crippen molar-refractivity contribution in [2.24, 2.45) is 11.8 Å². The van der Waals surface area contributed by atoms with Crippen LogP contribution >= 0.6 is 0 Å². The average molecular weight is 176 g/mol. The molecule has 0 radical (unpaired) electrons. The van der Waals surface area contributed by atoms with E-state index in [1.807, 2.05) is 0 Å². The number of aliphatic hydroxyl groups is 2. The molecule has 0 aromatic rings. The molecule has 0 aliphatic heterocycles. The van der Waals surface area contributed by atoms with Gasteiger partial charge in [-0.2, -0.15) is 0 Å². The summed E-state index contributed by atoms with van der Waals surface area (Å²) in [6.45, 7) is 3.12. The van der Waals surface area contributed by atoms with Gasteiger partial charge in [-0.3, -0.25) is 4.79 Å². The number of hydrogen-bond donors (Lipinski definition) is 3. The number of aliphatic carboxylic acids is 1. The summed E-state index contributed by atoms with van der Waals surface area (Å²) in [7, 11) is 0. The van der Waals surface area contributed by atoms with Gasteiger partial charge in [-0.05, 0) is 19.3 Å². The molecular formula is C8H16O4.